The minimum Gasteiger partial charge on any atom is -0.0475 e. The van der Waals surface area contributed by atoms with Gasteiger partial charge in [-0.25, -0.2) is 0 Å². The van der Waals surface area contributed by atoms with Crippen molar-refractivity contribution in [3.8, 4) is 0 Å². The molecule has 0 amide bonds. The highest BCUT2D eigenvalue weighted by molar-refractivity contribution is 5.22. The molecule has 0 aromatic carbocycles. The van der Waals surface area contributed by atoms with E-state index in [1.807, 2.05) is 5.92 Å². The highest BCUT2D eigenvalue weighted by Crippen LogP contribution is 2.67. The van der Waals surface area contributed by atoms with E-state index in [0.29, 0.717) is 0 Å². The van der Waals surface area contributed by atoms with Crippen molar-refractivity contribution in [1.29, 1.82) is 0 Å². The predicted octanol–water partition coefficient (Wildman–Crippen LogP) is 3.57. The standard InChI is InChI=1S/C13H19/c1-2-12(1)13-6-9-3-10(7-13)5-11(4-9)8-13/h9-11H,1-8H2. The summed E-state index contributed by atoms with van der Waals surface area (Å²) in [5.41, 5.74) is 0.828. The molecule has 71 valence electrons. The highest BCUT2D eigenvalue weighted by Gasteiger charge is 2.56. The normalized spacial score (nSPS) is 58.6. The van der Waals surface area contributed by atoms with Crippen LogP contribution in [0.2, 0.25) is 0 Å². The fourth-order valence-corrected chi connectivity index (χ4v) is 5.14. The van der Waals surface area contributed by atoms with Gasteiger partial charge in [-0.05, 0) is 80.5 Å². The second-order valence-electron chi connectivity index (χ2n) is 6.30. The molecule has 0 atom stereocenters. The van der Waals surface area contributed by atoms with Gasteiger partial charge in [-0.3, -0.25) is 0 Å². The molecule has 4 bridgehead atoms. The topological polar surface area (TPSA) is 0 Å². The number of hydrogen-bond donors (Lipinski definition) is 0. The summed E-state index contributed by atoms with van der Waals surface area (Å²) >= 11 is 0. The predicted molar refractivity (Wildman–Crippen MR) is 53.1 cm³/mol. The van der Waals surface area contributed by atoms with Gasteiger partial charge in [0.15, 0.2) is 0 Å². The Kier molecular flexibility index (Phi) is 1.21. The van der Waals surface area contributed by atoms with Crippen LogP contribution >= 0.6 is 0 Å². The Morgan fingerprint density at radius 1 is 0.769 bits per heavy atom. The molecule has 0 unspecified atom stereocenters. The Balaban J connectivity index is 1.71. The first-order chi connectivity index (χ1) is 6.34. The van der Waals surface area contributed by atoms with Crippen LogP contribution in [0.5, 0.6) is 0 Å². The van der Waals surface area contributed by atoms with Crippen molar-refractivity contribution in [1.82, 2.24) is 0 Å². The molecule has 0 heterocycles. The lowest BCUT2D eigenvalue weighted by atomic mass is 9.48. The maximum Gasteiger partial charge on any atom is -0.0178 e. The highest BCUT2D eigenvalue weighted by atomic mass is 14.6. The van der Waals surface area contributed by atoms with Gasteiger partial charge in [0.2, 0.25) is 0 Å². The van der Waals surface area contributed by atoms with E-state index in [1.165, 1.54) is 12.8 Å². The molecule has 1 radical (unpaired) electrons. The molecule has 0 saturated heterocycles. The van der Waals surface area contributed by atoms with Crippen LogP contribution in [0, 0.1) is 29.1 Å². The first-order valence-electron chi connectivity index (χ1n) is 6.19. The van der Waals surface area contributed by atoms with Gasteiger partial charge in [0, 0.05) is 0 Å². The van der Waals surface area contributed by atoms with Crippen molar-refractivity contribution in [3.05, 3.63) is 5.92 Å². The van der Waals surface area contributed by atoms with Crippen LogP contribution < -0.4 is 0 Å². The lowest BCUT2D eigenvalue weighted by Crippen LogP contribution is -2.46. The quantitative estimate of drug-likeness (QED) is 0.571. The molecule has 13 heavy (non-hydrogen) atoms. The average molecular weight is 175 g/mol. The summed E-state index contributed by atoms with van der Waals surface area (Å²) in [6, 6.07) is 0. The van der Waals surface area contributed by atoms with E-state index in [-0.39, 0.29) is 0 Å². The van der Waals surface area contributed by atoms with Crippen LogP contribution in [-0.4, -0.2) is 0 Å². The van der Waals surface area contributed by atoms with Crippen LogP contribution in [0.3, 0.4) is 0 Å². The van der Waals surface area contributed by atoms with E-state index in [1.54, 1.807) is 38.5 Å². The van der Waals surface area contributed by atoms with Gasteiger partial charge in [0.1, 0.15) is 0 Å². The van der Waals surface area contributed by atoms with Crippen LogP contribution in [0.25, 0.3) is 0 Å². The summed E-state index contributed by atoms with van der Waals surface area (Å²) in [6.07, 6.45) is 12.6. The van der Waals surface area contributed by atoms with Gasteiger partial charge >= 0.3 is 0 Å². The SMILES string of the molecule is C1C[C]1C12CC3CC(CC(C3)C1)C2. The largest absolute Gasteiger partial charge is 0.0475 e. The minimum atomic E-state index is 0.828. The maximum atomic E-state index is 1.99. The molecule has 0 spiro atoms. The van der Waals surface area contributed by atoms with Crippen molar-refractivity contribution < 1.29 is 0 Å². The smallest absolute Gasteiger partial charge is 0.0178 e. The number of rotatable bonds is 1. The van der Waals surface area contributed by atoms with E-state index in [2.05, 4.69) is 0 Å². The van der Waals surface area contributed by atoms with Crippen molar-refractivity contribution in [2.24, 2.45) is 23.2 Å². The third-order valence-corrected chi connectivity index (χ3v) is 5.29. The van der Waals surface area contributed by atoms with Crippen molar-refractivity contribution >= 4 is 0 Å². The van der Waals surface area contributed by atoms with Gasteiger partial charge in [0.25, 0.3) is 0 Å². The van der Waals surface area contributed by atoms with E-state index in [0.717, 1.165) is 23.2 Å². The molecule has 0 aromatic rings. The maximum absolute atomic E-state index is 1.99. The number of hydrogen-bond acceptors (Lipinski definition) is 0. The summed E-state index contributed by atoms with van der Waals surface area (Å²) < 4.78 is 0. The summed E-state index contributed by atoms with van der Waals surface area (Å²) in [5, 5.41) is 0. The zero-order chi connectivity index (χ0) is 8.47. The van der Waals surface area contributed by atoms with Gasteiger partial charge in [-0.1, -0.05) is 0 Å². The lowest BCUT2D eigenvalue weighted by Gasteiger charge is -2.57. The van der Waals surface area contributed by atoms with Crippen molar-refractivity contribution in [3.63, 3.8) is 0 Å². The minimum absolute atomic E-state index is 0.828. The fraction of sp³-hybridized carbons (Fsp3) is 0.923. The van der Waals surface area contributed by atoms with E-state index < -0.39 is 0 Å². The fourth-order valence-electron chi connectivity index (χ4n) is 5.14. The molecule has 0 aliphatic heterocycles. The molecular formula is C13H19. The second-order valence-corrected chi connectivity index (χ2v) is 6.30. The monoisotopic (exact) mass is 175 g/mol. The third-order valence-electron chi connectivity index (χ3n) is 5.29. The van der Waals surface area contributed by atoms with Gasteiger partial charge in [0.05, 0.1) is 0 Å². The first kappa shape index (κ1) is 7.31. The molecule has 0 aromatic heterocycles. The van der Waals surface area contributed by atoms with E-state index >= 15 is 0 Å². The molecule has 0 N–H and O–H groups in total. The molecule has 5 rings (SSSR count). The average Bonchev–Trinajstić information content (AvgIpc) is 2.81. The molecule has 5 aliphatic carbocycles. The van der Waals surface area contributed by atoms with Crippen LogP contribution in [0.4, 0.5) is 0 Å². The molecule has 5 saturated carbocycles. The Hall–Kier alpha value is 0. The second kappa shape index (κ2) is 2.15. The zero-order valence-electron chi connectivity index (χ0n) is 8.39. The summed E-state index contributed by atoms with van der Waals surface area (Å²) in [5.74, 6) is 5.45. The molecule has 0 nitrogen and oxygen atoms in total. The van der Waals surface area contributed by atoms with Crippen molar-refractivity contribution in [2.75, 3.05) is 0 Å². The Morgan fingerprint density at radius 2 is 1.23 bits per heavy atom. The van der Waals surface area contributed by atoms with E-state index in [4.69, 9.17) is 0 Å². The lowest BCUT2D eigenvalue weighted by molar-refractivity contribution is -0.0366. The Bertz CT molecular complexity index is 201. The molecular weight excluding hydrogens is 156 g/mol. The Morgan fingerprint density at radius 3 is 1.62 bits per heavy atom. The third kappa shape index (κ3) is 0.926. The van der Waals surface area contributed by atoms with Crippen LogP contribution in [0.1, 0.15) is 51.4 Å². The molecule has 5 aliphatic rings. The Labute approximate surface area is 81.1 Å². The van der Waals surface area contributed by atoms with E-state index in [9.17, 15) is 0 Å². The zero-order valence-corrected chi connectivity index (χ0v) is 8.39. The summed E-state index contributed by atoms with van der Waals surface area (Å²) in [4.78, 5) is 0. The first-order valence-corrected chi connectivity index (χ1v) is 6.19. The van der Waals surface area contributed by atoms with Crippen LogP contribution in [-0.2, 0) is 0 Å². The molecule has 5 fully saturated rings. The van der Waals surface area contributed by atoms with Gasteiger partial charge in [-0.2, -0.15) is 0 Å². The van der Waals surface area contributed by atoms with Gasteiger partial charge < -0.3 is 0 Å². The van der Waals surface area contributed by atoms with Crippen LogP contribution in [0.15, 0.2) is 0 Å². The van der Waals surface area contributed by atoms with Gasteiger partial charge in [-0.15, -0.1) is 0 Å². The molecule has 0 heteroatoms. The van der Waals surface area contributed by atoms with Crippen molar-refractivity contribution in [2.45, 2.75) is 51.4 Å². The summed E-state index contributed by atoms with van der Waals surface area (Å²) in [6.45, 7) is 0. The summed E-state index contributed by atoms with van der Waals surface area (Å²) in [7, 11) is 0.